The molecule has 0 aromatic heterocycles. The molecule has 4 heteroatoms. The molecule has 0 aliphatic carbocycles. The van der Waals surface area contributed by atoms with Crippen molar-refractivity contribution in [2.75, 3.05) is 39.8 Å². The Hall–Kier alpha value is -0.610. The normalized spacial score (nSPS) is 27.3. The minimum atomic E-state index is 0.397. The molecule has 0 saturated carbocycles. The third-order valence-electron chi connectivity index (χ3n) is 4.62. The zero-order valence-corrected chi connectivity index (χ0v) is 12.5. The van der Waals surface area contributed by atoms with Crippen LogP contribution in [0.25, 0.3) is 0 Å². The molecule has 19 heavy (non-hydrogen) atoms. The van der Waals surface area contributed by atoms with Crippen LogP contribution in [0.15, 0.2) is 0 Å². The van der Waals surface area contributed by atoms with E-state index in [9.17, 15) is 4.79 Å². The van der Waals surface area contributed by atoms with E-state index in [1.54, 1.807) is 0 Å². The number of nitrogens with one attached hydrogen (secondary N) is 1. The van der Waals surface area contributed by atoms with Crippen LogP contribution in [0.2, 0.25) is 0 Å². The summed E-state index contributed by atoms with van der Waals surface area (Å²) in [6, 6.07) is 0.418. The highest BCUT2D eigenvalue weighted by Crippen LogP contribution is 2.20. The van der Waals surface area contributed by atoms with E-state index in [4.69, 9.17) is 0 Å². The molecule has 2 aliphatic rings. The van der Waals surface area contributed by atoms with E-state index in [1.165, 1.54) is 0 Å². The fourth-order valence-corrected chi connectivity index (χ4v) is 3.37. The summed E-state index contributed by atoms with van der Waals surface area (Å²) in [5, 5.41) is 3.37. The van der Waals surface area contributed by atoms with Gasteiger partial charge in [-0.2, -0.15) is 0 Å². The van der Waals surface area contributed by atoms with Crippen LogP contribution in [-0.2, 0) is 4.79 Å². The molecule has 2 saturated heterocycles. The number of hydrogen-bond donors (Lipinski definition) is 1. The number of carbonyl (C=O) groups is 1. The Morgan fingerprint density at radius 2 is 2.00 bits per heavy atom. The van der Waals surface area contributed by atoms with Crippen LogP contribution in [0.1, 0.15) is 39.0 Å². The first-order chi connectivity index (χ1) is 9.20. The Morgan fingerprint density at radius 1 is 1.26 bits per heavy atom. The number of carbonyl (C=O) groups excluding carboxylic acids is 1. The molecule has 2 rings (SSSR count). The molecule has 0 aromatic rings. The van der Waals surface area contributed by atoms with E-state index in [1.807, 2.05) is 0 Å². The van der Waals surface area contributed by atoms with Crippen molar-refractivity contribution in [1.29, 1.82) is 0 Å². The van der Waals surface area contributed by atoms with Crippen LogP contribution >= 0.6 is 0 Å². The number of amides is 1. The van der Waals surface area contributed by atoms with Gasteiger partial charge in [0.25, 0.3) is 0 Å². The first kappa shape index (κ1) is 14.8. The Balaban J connectivity index is 1.91. The molecule has 1 N–H and O–H groups in total. The maximum atomic E-state index is 12.6. The zero-order valence-electron chi connectivity index (χ0n) is 12.5. The van der Waals surface area contributed by atoms with Gasteiger partial charge in [-0.1, -0.05) is 6.92 Å². The lowest BCUT2D eigenvalue weighted by atomic mass is 9.93. The van der Waals surface area contributed by atoms with Gasteiger partial charge >= 0.3 is 0 Å². The maximum Gasteiger partial charge on any atom is 0.223 e. The first-order valence-electron chi connectivity index (χ1n) is 7.89. The molecule has 1 unspecified atom stereocenters. The number of hydrogen-bond acceptors (Lipinski definition) is 3. The van der Waals surface area contributed by atoms with Crippen molar-refractivity contribution in [3.63, 3.8) is 0 Å². The molecule has 0 aromatic carbocycles. The minimum absolute atomic E-state index is 0.397. The average Bonchev–Trinajstić information content (AvgIpc) is 2.61. The van der Waals surface area contributed by atoms with Gasteiger partial charge in [-0.3, -0.25) is 4.79 Å². The predicted octanol–water partition coefficient (Wildman–Crippen LogP) is 1.32. The van der Waals surface area contributed by atoms with Crippen molar-refractivity contribution in [3.8, 4) is 0 Å². The Labute approximate surface area is 117 Å². The van der Waals surface area contributed by atoms with Crippen LogP contribution < -0.4 is 5.32 Å². The van der Waals surface area contributed by atoms with Crippen molar-refractivity contribution in [2.24, 2.45) is 5.92 Å². The third kappa shape index (κ3) is 4.18. The Kier molecular flexibility index (Phi) is 5.64. The van der Waals surface area contributed by atoms with Crippen molar-refractivity contribution in [2.45, 2.75) is 45.1 Å². The van der Waals surface area contributed by atoms with Gasteiger partial charge in [0.05, 0.1) is 0 Å². The van der Waals surface area contributed by atoms with E-state index in [-0.39, 0.29) is 0 Å². The van der Waals surface area contributed by atoms with Gasteiger partial charge in [0, 0.05) is 25.6 Å². The van der Waals surface area contributed by atoms with Crippen LogP contribution in [0, 0.1) is 5.92 Å². The highest BCUT2D eigenvalue weighted by molar-refractivity contribution is 5.76. The average molecular weight is 267 g/mol. The third-order valence-corrected chi connectivity index (χ3v) is 4.62. The molecule has 4 nitrogen and oxygen atoms in total. The summed E-state index contributed by atoms with van der Waals surface area (Å²) in [6.07, 6.45) is 5.28. The first-order valence-corrected chi connectivity index (χ1v) is 7.89. The summed E-state index contributed by atoms with van der Waals surface area (Å²) in [5.41, 5.74) is 0. The van der Waals surface area contributed by atoms with Gasteiger partial charge in [-0.15, -0.1) is 0 Å². The van der Waals surface area contributed by atoms with E-state index in [0.29, 0.717) is 17.9 Å². The number of likely N-dealkylation sites (N-methyl/N-ethyl adjacent to an activating group) is 1. The van der Waals surface area contributed by atoms with Gasteiger partial charge < -0.3 is 15.1 Å². The zero-order chi connectivity index (χ0) is 13.7. The predicted molar refractivity (Wildman–Crippen MR) is 78.1 cm³/mol. The van der Waals surface area contributed by atoms with Gasteiger partial charge in [0.15, 0.2) is 0 Å². The van der Waals surface area contributed by atoms with E-state index in [0.717, 1.165) is 64.8 Å². The summed E-state index contributed by atoms with van der Waals surface area (Å²) in [6.45, 7) is 7.47. The Bertz CT molecular complexity index is 289. The van der Waals surface area contributed by atoms with Crippen molar-refractivity contribution < 1.29 is 4.79 Å². The molecular formula is C15H29N3O. The Morgan fingerprint density at radius 3 is 2.68 bits per heavy atom. The van der Waals surface area contributed by atoms with E-state index < -0.39 is 0 Å². The highest BCUT2D eigenvalue weighted by atomic mass is 16.2. The summed E-state index contributed by atoms with van der Waals surface area (Å²) in [7, 11) is 2.17. The second kappa shape index (κ2) is 7.25. The number of piperidine rings is 1. The fraction of sp³-hybridized carbons (Fsp3) is 0.933. The lowest BCUT2D eigenvalue weighted by Gasteiger charge is -2.32. The molecule has 2 fully saturated rings. The molecule has 2 heterocycles. The molecule has 1 atom stereocenters. The molecular weight excluding hydrogens is 238 g/mol. The second-order valence-corrected chi connectivity index (χ2v) is 6.16. The van der Waals surface area contributed by atoms with Gasteiger partial charge in [-0.05, 0) is 58.3 Å². The molecule has 0 bridgehead atoms. The monoisotopic (exact) mass is 267 g/mol. The minimum Gasteiger partial charge on any atom is -0.338 e. The standard InChI is InChI=1S/C15H29N3O/c1-3-14-12-17(2)9-4-10-18(14)15(19)11-13-5-7-16-8-6-13/h13-14,16H,3-12H2,1-2H3. The topological polar surface area (TPSA) is 35.6 Å². The van der Waals surface area contributed by atoms with Gasteiger partial charge in [0.1, 0.15) is 0 Å². The highest BCUT2D eigenvalue weighted by Gasteiger charge is 2.27. The van der Waals surface area contributed by atoms with Crippen LogP contribution in [0.5, 0.6) is 0 Å². The fourth-order valence-electron chi connectivity index (χ4n) is 3.37. The van der Waals surface area contributed by atoms with Crippen LogP contribution in [0.3, 0.4) is 0 Å². The molecule has 0 radical (unpaired) electrons. The van der Waals surface area contributed by atoms with Gasteiger partial charge in [0.2, 0.25) is 5.91 Å². The lowest BCUT2D eigenvalue weighted by molar-refractivity contribution is -0.134. The smallest absolute Gasteiger partial charge is 0.223 e. The number of rotatable bonds is 3. The SMILES string of the molecule is CCC1CN(C)CCCN1C(=O)CC1CCNCC1. The molecule has 1 amide bonds. The largest absolute Gasteiger partial charge is 0.338 e. The van der Waals surface area contributed by atoms with Crippen LogP contribution in [-0.4, -0.2) is 61.5 Å². The maximum absolute atomic E-state index is 12.6. The summed E-state index contributed by atoms with van der Waals surface area (Å²) >= 11 is 0. The van der Waals surface area contributed by atoms with Gasteiger partial charge in [-0.25, -0.2) is 0 Å². The lowest BCUT2D eigenvalue weighted by Crippen LogP contribution is -2.44. The molecule has 110 valence electrons. The van der Waals surface area contributed by atoms with Crippen molar-refractivity contribution in [3.05, 3.63) is 0 Å². The van der Waals surface area contributed by atoms with E-state index in [2.05, 4.69) is 29.1 Å². The van der Waals surface area contributed by atoms with E-state index >= 15 is 0 Å². The van der Waals surface area contributed by atoms with Crippen LogP contribution in [0.4, 0.5) is 0 Å². The number of nitrogens with zero attached hydrogens (tertiary/aromatic N) is 2. The van der Waals surface area contributed by atoms with Crippen molar-refractivity contribution in [1.82, 2.24) is 15.1 Å². The quantitative estimate of drug-likeness (QED) is 0.838. The van der Waals surface area contributed by atoms with Crippen molar-refractivity contribution >= 4 is 5.91 Å². The summed E-state index contributed by atoms with van der Waals surface area (Å²) < 4.78 is 0. The second-order valence-electron chi connectivity index (χ2n) is 6.16. The molecule has 2 aliphatic heterocycles. The summed E-state index contributed by atoms with van der Waals surface area (Å²) in [5.74, 6) is 1.00. The molecule has 0 spiro atoms. The summed E-state index contributed by atoms with van der Waals surface area (Å²) in [4.78, 5) is 17.1.